The average molecular weight is 155 g/mol. The second-order valence-electron chi connectivity index (χ2n) is 3.68. The van der Waals surface area contributed by atoms with Crippen LogP contribution in [0.5, 0.6) is 0 Å². The molecule has 0 aromatic carbocycles. The number of nitrogens with zero attached hydrogens (tertiary/aromatic N) is 2. The van der Waals surface area contributed by atoms with Crippen molar-refractivity contribution in [3.05, 3.63) is 0 Å². The third-order valence-corrected chi connectivity index (χ3v) is 3.16. The molecule has 64 valence electrons. The maximum absolute atomic E-state index is 3.23. The van der Waals surface area contributed by atoms with E-state index in [4.69, 9.17) is 0 Å². The Kier molecular flexibility index (Phi) is 1.87. The zero-order chi connectivity index (χ0) is 7.84. The summed E-state index contributed by atoms with van der Waals surface area (Å²) in [7, 11) is 4.28. The highest BCUT2D eigenvalue weighted by Gasteiger charge is 2.36. The maximum atomic E-state index is 3.23. The van der Waals surface area contributed by atoms with Gasteiger partial charge >= 0.3 is 0 Å². The summed E-state index contributed by atoms with van der Waals surface area (Å²) < 4.78 is 0. The number of rotatable bonds is 1. The number of fused-ring (bicyclic) bond motifs is 2. The van der Waals surface area contributed by atoms with Crippen molar-refractivity contribution in [2.24, 2.45) is 0 Å². The van der Waals surface area contributed by atoms with Gasteiger partial charge in [-0.25, -0.2) is 5.01 Å². The van der Waals surface area contributed by atoms with E-state index in [9.17, 15) is 0 Å². The van der Waals surface area contributed by atoms with Crippen LogP contribution in [0.4, 0.5) is 0 Å². The average Bonchev–Trinajstić information content (AvgIpc) is 2.26. The number of nitrogens with one attached hydrogen (secondary N) is 1. The Labute approximate surface area is 68.3 Å². The molecule has 11 heavy (non-hydrogen) atoms. The summed E-state index contributed by atoms with van der Waals surface area (Å²) in [6, 6.07) is 1.61. The van der Waals surface area contributed by atoms with Gasteiger partial charge in [0.05, 0.1) is 0 Å². The second-order valence-corrected chi connectivity index (χ2v) is 3.68. The lowest BCUT2D eigenvalue weighted by Crippen LogP contribution is -2.55. The Balaban J connectivity index is 2.02. The van der Waals surface area contributed by atoms with Gasteiger partial charge in [-0.2, -0.15) is 0 Å². The van der Waals surface area contributed by atoms with Gasteiger partial charge in [0.2, 0.25) is 0 Å². The number of piperazine rings is 1. The standard InChI is InChI=1S/C8H17N3/c1-9-11-5-7-3-4-8(6-11)10(7)2/h7-9H,3-6H2,1-2H3. The Morgan fingerprint density at radius 2 is 1.73 bits per heavy atom. The van der Waals surface area contributed by atoms with Crippen LogP contribution in [0.1, 0.15) is 12.8 Å². The highest BCUT2D eigenvalue weighted by molar-refractivity contribution is 4.92. The van der Waals surface area contributed by atoms with Crippen LogP contribution in [-0.4, -0.2) is 49.2 Å². The lowest BCUT2D eigenvalue weighted by molar-refractivity contribution is 0.0595. The third kappa shape index (κ3) is 1.17. The number of hydrogen-bond donors (Lipinski definition) is 1. The Morgan fingerprint density at radius 3 is 2.18 bits per heavy atom. The second kappa shape index (κ2) is 2.73. The highest BCUT2D eigenvalue weighted by atomic mass is 15.5. The summed E-state index contributed by atoms with van der Waals surface area (Å²) in [5.74, 6) is 0. The maximum Gasteiger partial charge on any atom is 0.0287 e. The fourth-order valence-corrected chi connectivity index (χ4v) is 2.30. The number of likely N-dealkylation sites (N-methyl/N-ethyl adjacent to an activating group) is 1. The van der Waals surface area contributed by atoms with Crippen molar-refractivity contribution < 1.29 is 0 Å². The van der Waals surface area contributed by atoms with Crippen molar-refractivity contribution in [3.8, 4) is 0 Å². The smallest absolute Gasteiger partial charge is 0.0287 e. The molecule has 2 saturated heterocycles. The molecule has 2 rings (SSSR count). The van der Waals surface area contributed by atoms with E-state index >= 15 is 0 Å². The van der Waals surface area contributed by atoms with Crippen molar-refractivity contribution in [1.82, 2.24) is 15.3 Å². The summed E-state index contributed by atoms with van der Waals surface area (Å²) in [4.78, 5) is 2.54. The predicted molar refractivity (Wildman–Crippen MR) is 45.2 cm³/mol. The van der Waals surface area contributed by atoms with Crippen LogP contribution >= 0.6 is 0 Å². The van der Waals surface area contributed by atoms with Crippen LogP contribution < -0.4 is 5.43 Å². The molecule has 2 aliphatic rings. The van der Waals surface area contributed by atoms with Crippen LogP contribution in [-0.2, 0) is 0 Å². The van der Waals surface area contributed by atoms with E-state index in [1.165, 1.54) is 25.9 Å². The first-order valence-electron chi connectivity index (χ1n) is 4.45. The van der Waals surface area contributed by atoms with Crippen LogP contribution in [0.2, 0.25) is 0 Å². The highest BCUT2D eigenvalue weighted by Crippen LogP contribution is 2.26. The van der Waals surface area contributed by atoms with Crippen LogP contribution in [0.25, 0.3) is 0 Å². The molecule has 1 N–H and O–H groups in total. The van der Waals surface area contributed by atoms with E-state index in [0.717, 1.165) is 12.1 Å². The van der Waals surface area contributed by atoms with Crippen molar-refractivity contribution in [2.45, 2.75) is 24.9 Å². The van der Waals surface area contributed by atoms with Gasteiger partial charge in [0.15, 0.2) is 0 Å². The molecule has 2 fully saturated rings. The SMILES string of the molecule is CNN1CC2CCC(C1)N2C. The Bertz CT molecular complexity index is 134. The fraction of sp³-hybridized carbons (Fsp3) is 1.00. The lowest BCUT2D eigenvalue weighted by Gasteiger charge is -2.38. The van der Waals surface area contributed by atoms with Crippen molar-refractivity contribution in [2.75, 3.05) is 27.2 Å². The first kappa shape index (κ1) is 7.53. The topological polar surface area (TPSA) is 18.5 Å². The van der Waals surface area contributed by atoms with Gasteiger partial charge in [0, 0.05) is 25.2 Å². The largest absolute Gasteiger partial charge is 0.298 e. The van der Waals surface area contributed by atoms with E-state index in [-0.39, 0.29) is 0 Å². The molecule has 0 amide bonds. The quantitative estimate of drug-likeness (QED) is 0.570. The lowest BCUT2D eigenvalue weighted by atomic mass is 10.2. The van der Waals surface area contributed by atoms with Crippen LogP contribution in [0.3, 0.4) is 0 Å². The molecule has 0 spiro atoms. The van der Waals surface area contributed by atoms with Crippen LogP contribution in [0, 0.1) is 0 Å². The molecule has 0 aromatic heterocycles. The van der Waals surface area contributed by atoms with E-state index in [1.54, 1.807) is 0 Å². The number of hydrogen-bond acceptors (Lipinski definition) is 3. The first-order chi connectivity index (χ1) is 5.31. The minimum Gasteiger partial charge on any atom is -0.298 e. The summed E-state index contributed by atoms with van der Waals surface area (Å²) in [5.41, 5.74) is 3.23. The van der Waals surface area contributed by atoms with E-state index in [0.29, 0.717) is 0 Å². The van der Waals surface area contributed by atoms with Gasteiger partial charge in [-0.05, 0) is 26.9 Å². The molecule has 3 heteroatoms. The molecule has 2 bridgehead atoms. The van der Waals surface area contributed by atoms with Gasteiger partial charge < -0.3 is 0 Å². The number of hydrazine groups is 1. The van der Waals surface area contributed by atoms with Crippen molar-refractivity contribution in [3.63, 3.8) is 0 Å². The Morgan fingerprint density at radius 1 is 1.18 bits per heavy atom. The van der Waals surface area contributed by atoms with Gasteiger partial charge in [0.1, 0.15) is 0 Å². The molecule has 0 saturated carbocycles. The minimum atomic E-state index is 0.807. The van der Waals surface area contributed by atoms with E-state index < -0.39 is 0 Å². The van der Waals surface area contributed by atoms with E-state index in [2.05, 4.69) is 22.4 Å². The monoisotopic (exact) mass is 155 g/mol. The molecule has 2 heterocycles. The minimum absolute atomic E-state index is 0.807. The summed E-state index contributed by atoms with van der Waals surface area (Å²) in [5, 5.41) is 2.34. The molecule has 2 atom stereocenters. The summed E-state index contributed by atoms with van der Waals surface area (Å²) >= 11 is 0. The van der Waals surface area contributed by atoms with Crippen molar-refractivity contribution in [1.29, 1.82) is 0 Å². The van der Waals surface area contributed by atoms with Gasteiger partial charge in [0.25, 0.3) is 0 Å². The predicted octanol–water partition coefficient (Wildman–Crippen LogP) is -0.101. The van der Waals surface area contributed by atoms with Crippen LogP contribution in [0.15, 0.2) is 0 Å². The zero-order valence-corrected chi connectivity index (χ0v) is 7.38. The normalized spacial score (nSPS) is 39.8. The molecule has 0 aromatic rings. The van der Waals surface area contributed by atoms with Gasteiger partial charge in [-0.15, -0.1) is 0 Å². The molecular weight excluding hydrogens is 138 g/mol. The molecule has 0 aliphatic carbocycles. The summed E-state index contributed by atoms with van der Waals surface area (Å²) in [6.07, 6.45) is 2.78. The van der Waals surface area contributed by atoms with Gasteiger partial charge in [-0.3, -0.25) is 10.3 Å². The van der Waals surface area contributed by atoms with E-state index in [1.807, 2.05) is 7.05 Å². The van der Waals surface area contributed by atoms with Gasteiger partial charge in [-0.1, -0.05) is 0 Å². The Hall–Kier alpha value is -0.120. The third-order valence-electron chi connectivity index (χ3n) is 3.16. The first-order valence-corrected chi connectivity index (χ1v) is 4.45. The van der Waals surface area contributed by atoms with Crippen molar-refractivity contribution >= 4 is 0 Å². The molecule has 2 unspecified atom stereocenters. The summed E-state index contributed by atoms with van der Waals surface area (Å²) in [6.45, 7) is 2.40. The molecular formula is C8H17N3. The zero-order valence-electron chi connectivity index (χ0n) is 7.38. The fourth-order valence-electron chi connectivity index (χ4n) is 2.30. The molecule has 3 nitrogen and oxygen atoms in total. The molecule has 2 aliphatic heterocycles. The molecule has 0 radical (unpaired) electrons.